The van der Waals surface area contributed by atoms with E-state index in [1.165, 1.54) is 18.2 Å². The third kappa shape index (κ3) is 4.41. The van der Waals surface area contributed by atoms with Gasteiger partial charge in [0.1, 0.15) is 5.82 Å². The second-order valence-corrected chi connectivity index (χ2v) is 5.86. The Morgan fingerprint density at radius 1 is 1.17 bits per heavy atom. The molecular formula is C19H20FNO3. The van der Waals surface area contributed by atoms with E-state index in [4.69, 9.17) is 0 Å². The molecule has 5 heteroatoms. The van der Waals surface area contributed by atoms with Crippen molar-refractivity contribution in [3.05, 3.63) is 71.0 Å². The average molecular weight is 329 g/mol. The van der Waals surface area contributed by atoms with Crippen LogP contribution in [0, 0.1) is 18.7 Å². The smallest absolute Gasteiger partial charge is 0.308 e. The summed E-state index contributed by atoms with van der Waals surface area (Å²) < 4.78 is 13.1. The zero-order valence-electron chi connectivity index (χ0n) is 13.6. The van der Waals surface area contributed by atoms with Crippen molar-refractivity contribution in [3.63, 3.8) is 0 Å². The fourth-order valence-corrected chi connectivity index (χ4v) is 2.61. The molecule has 2 rings (SSSR count). The van der Waals surface area contributed by atoms with Gasteiger partial charge in [0, 0.05) is 11.6 Å². The van der Waals surface area contributed by atoms with Crippen molar-refractivity contribution in [2.45, 2.75) is 26.3 Å². The summed E-state index contributed by atoms with van der Waals surface area (Å²) in [6.07, 6.45) is 0.319. The molecule has 0 aliphatic carbocycles. The highest BCUT2D eigenvalue weighted by Gasteiger charge is 2.27. The SMILES string of the molecule is Cc1cc(F)ccc1C(=O)NC(C)C(Cc1ccccc1)C(=O)O. The van der Waals surface area contributed by atoms with Crippen LogP contribution in [0.1, 0.15) is 28.4 Å². The molecule has 0 saturated heterocycles. The molecule has 24 heavy (non-hydrogen) atoms. The van der Waals surface area contributed by atoms with Crippen LogP contribution in [0.25, 0.3) is 0 Å². The summed E-state index contributed by atoms with van der Waals surface area (Å²) in [5.41, 5.74) is 1.74. The van der Waals surface area contributed by atoms with Gasteiger partial charge in [0.15, 0.2) is 0 Å². The number of amides is 1. The summed E-state index contributed by atoms with van der Waals surface area (Å²) in [4.78, 5) is 23.9. The maximum absolute atomic E-state index is 13.1. The Kier molecular flexibility index (Phi) is 5.68. The summed E-state index contributed by atoms with van der Waals surface area (Å²) in [6.45, 7) is 3.31. The van der Waals surface area contributed by atoms with Gasteiger partial charge in [0.2, 0.25) is 0 Å². The number of hydrogen-bond acceptors (Lipinski definition) is 2. The Morgan fingerprint density at radius 3 is 2.42 bits per heavy atom. The van der Waals surface area contributed by atoms with E-state index in [-0.39, 0.29) is 0 Å². The molecule has 2 atom stereocenters. The van der Waals surface area contributed by atoms with Gasteiger partial charge in [-0.1, -0.05) is 30.3 Å². The number of carbonyl (C=O) groups is 2. The van der Waals surface area contributed by atoms with Crippen molar-refractivity contribution in [2.24, 2.45) is 5.92 Å². The lowest BCUT2D eigenvalue weighted by Crippen LogP contribution is -2.42. The van der Waals surface area contributed by atoms with Crippen LogP contribution in [0.4, 0.5) is 4.39 Å². The Balaban J connectivity index is 2.11. The zero-order valence-corrected chi connectivity index (χ0v) is 13.6. The first kappa shape index (κ1) is 17.7. The summed E-state index contributed by atoms with van der Waals surface area (Å²) in [6, 6.07) is 12.6. The number of aliphatic carboxylic acids is 1. The van der Waals surface area contributed by atoms with E-state index < -0.39 is 29.7 Å². The van der Waals surface area contributed by atoms with Gasteiger partial charge in [-0.2, -0.15) is 0 Å². The van der Waals surface area contributed by atoms with Gasteiger partial charge in [-0.05, 0) is 49.6 Å². The summed E-state index contributed by atoms with van der Waals surface area (Å²) in [7, 11) is 0. The molecule has 1 amide bonds. The molecule has 0 radical (unpaired) electrons. The van der Waals surface area contributed by atoms with Crippen molar-refractivity contribution in [3.8, 4) is 0 Å². The number of carbonyl (C=O) groups excluding carboxylic acids is 1. The maximum Gasteiger partial charge on any atom is 0.308 e. The zero-order chi connectivity index (χ0) is 17.7. The van der Waals surface area contributed by atoms with Crippen LogP contribution in [-0.2, 0) is 11.2 Å². The van der Waals surface area contributed by atoms with E-state index in [0.717, 1.165) is 5.56 Å². The number of aryl methyl sites for hydroxylation is 1. The molecule has 2 unspecified atom stereocenters. The molecule has 2 aromatic carbocycles. The molecule has 0 saturated carbocycles. The van der Waals surface area contributed by atoms with Crippen LogP contribution < -0.4 is 5.32 Å². The summed E-state index contributed by atoms with van der Waals surface area (Å²) in [5.74, 6) is -2.54. The molecule has 0 aliphatic rings. The molecule has 0 heterocycles. The fourth-order valence-electron chi connectivity index (χ4n) is 2.61. The minimum absolute atomic E-state index is 0.319. The second-order valence-electron chi connectivity index (χ2n) is 5.86. The van der Waals surface area contributed by atoms with Crippen molar-refractivity contribution in [2.75, 3.05) is 0 Å². The largest absolute Gasteiger partial charge is 0.481 e. The van der Waals surface area contributed by atoms with Gasteiger partial charge in [-0.3, -0.25) is 9.59 Å². The molecule has 4 nitrogen and oxygen atoms in total. The fraction of sp³-hybridized carbons (Fsp3) is 0.263. The third-order valence-electron chi connectivity index (χ3n) is 4.01. The Labute approximate surface area is 140 Å². The predicted octanol–water partition coefficient (Wildman–Crippen LogP) is 3.20. The number of carboxylic acids is 1. The van der Waals surface area contributed by atoms with E-state index in [9.17, 15) is 19.1 Å². The molecular weight excluding hydrogens is 309 g/mol. The maximum atomic E-state index is 13.1. The van der Waals surface area contributed by atoms with Crippen molar-refractivity contribution in [1.29, 1.82) is 0 Å². The normalized spacial score (nSPS) is 13.1. The molecule has 126 valence electrons. The van der Waals surface area contributed by atoms with Crippen LogP contribution in [0.5, 0.6) is 0 Å². The highest BCUT2D eigenvalue weighted by Crippen LogP contribution is 2.15. The van der Waals surface area contributed by atoms with Crippen molar-refractivity contribution < 1.29 is 19.1 Å². The summed E-state index contributed by atoms with van der Waals surface area (Å²) >= 11 is 0. The van der Waals surface area contributed by atoms with Crippen molar-refractivity contribution in [1.82, 2.24) is 5.32 Å². The molecule has 0 aliphatic heterocycles. The van der Waals surface area contributed by atoms with Crippen LogP contribution in [0.2, 0.25) is 0 Å². The van der Waals surface area contributed by atoms with Crippen molar-refractivity contribution >= 4 is 11.9 Å². The van der Waals surface area contributed by atoms with Crippen LogP contribution in [-0.4, -0.2) is 23.0 Å². The third-order valence-corrected chi connectivity index (χ3v) is 4.01. The lowest BCUT2D eigenvalue weighted by atomic mass is 9.92. The first-order valence-electron chi connectivity index (χ1n) is 7.72. The van der Waals surface area contributed by atoms with E-state index in [2.05, 4.69) is 5.32 Å². The average Bonchev–Trinajstić information content (AvgIpc) is 2.53. The quantitative estimate of drug-likeness (QED) is 0.855. The molecule has 0 aromatic heterocycles. The summed E-state index contributed by atoms with van der Waals surface area (Å²) in [5, 5.41) is 12.2. The monoisotopic (exact) mass is 329 g/mol. The Hall–Kier alpha value is -2.69. The lowest BCUT2D eigenvalue weighted by Gasteiger charge is -2.22. The minimum Gasteiger partial charge on any atom is -0.481 e. The van der Waals surface area contributed by atoms with Gasteiger partial charge in [0.25, 0.3) is 5.91 Å². The highest BCUT2D eigenvalue weighted by atomic mass is 19.1. The van der Waals surface area contributed by atoms with Gasteiger partial charge >= 0.3 is 5.97 Å². The molecule has 0 bridgehead atoms. The van der Waals surface area contributed by atoms with E-state index in [0.29, 0.717) is 17.5 Å². The topological polar surface area (TPSA) is 66.4 Å². The predicted molar refractivity (Wildman–Crippen MR) is 89.3 cm³/mol. The number of benzene rings is 2. The molecule has 2 aromatic rings. The molecule has 0 spiro atoms. The highest BCUT2D eigenvalue weighted by molar-refractivity contribution is 5.96. The standard InChI is InChI=1S/C19H20FNO3/c1-12-10-15(20)8-9-16(12)18(22)21-13(2)17(19(23)24)11-14-6-4-3-5-7-14/h3-10,13,17H,11H2,1-2H3,(H,21,22)(H,23,24). The van der Waals surface area contributed by atoms with E-state index in [1.807, 2.05) is 30.3 Å². The number of rotatable bonds is 6. The molecule has 0 fully saturated rings. The second kappa shape index (κ2) is 7.73. The molecule has 2 N–H and O–H groups in total. The van der Waals surface area contributed by atoms with Crippen LogP contribution in [0.15, 0.2) is 48.5 Å². The van der Waals surface area contributed by atoms with Crippen LogP contribution in [0.3, 0.4) is 0 Å². The van der Waals surface area contributed by atoms with Crippen LogP contribution >= 0.6 is 0 Å². The van der Waals surface area contributed by atoms with Gasteiger partial charge in [-0.25, -0.2) is 4.39 Å². The van der Waals surface area contributed by atoms with E-state index >= 15 is 0 Å². The number of hydrogen-bond donors (Lipinski definition) is 2. The van der Waals surface area contributed by atoms with E-state index in [1.54, 1.807) is 13.8 Å². The Bertz CT molecular complexity index is 731. The lowest BCUT2D eigenvalue weighted by molar-refractivity contribution is -0.142. The van der Waals surface area contributed by atoms with Gasteiger partial charge in [-0.15, -0.1) is 0 Å². The first-order valence-corrected chi connectivity index (χ1v) is 7.72. The minimum atomic E-state index is -0.970. The Morgan fingerprint density at radius 2 is 1.83 bits per heavy atom. The number of halogens is 1. The number of carboxylic acid groups (broad SMARTS) is 1. The van der Waals surface area contributed by atoms with Gasteiger partial charge < -0.3 is 10.4 Å². The van der Waals surface area contributed by atoms with Gasteiger partial charge in [0.05, 0.1) is 5.92 Å². The number of nitrogens with one attached hydrogen (secondary N) is 1. The first-order chi connectivity index (χ1) is 11.4.